The first kappa shape index (κ1) is 16.9. The summed E-state index contributed by atoms with van der Waals surface area (Å²) in [6.07, 6.45) is 7.98. The number of pyridine rings is 2. The number of nitrogens with zero attached hydrogens (tertiary/aromatic N) is 4. The number of fused-ring (bicyclic) bond motifs is 1. The van der Waals surface area contributed by atoms with Crippen LogP contribution < -0.4 is 5.32 Å². The monoisotopic (exact) mass is 375 g/mol. The summed E-state index contributed by atoms with van der Waals surface area (Å²) in [6.45, 7) is 3.04. The molecule has 3 aromatic heterocycles. The van der Waals surface area contributed by atoms with Crippen LogP contribution in [0.25, 0.3) is 28.1 Å². The van der Waals surface area contributed by atoms with E-state index < -0.39 is 0 Å². The summed E-state index contributed by atoms with van der Waals surface area (Å²) in [7, 11) is 0. The summed E-state index contributed by atoms with van der Waals surface area (Å²) < 4.78 is 15.5. The van der Waals surface area contributed by atoms with Crippen molar-refractivity contribution in [1.29, 1.82) is 0 Å². The number of aryl methyl sites for hydroxylation is 1. The predicted molar refractivity (Wildman–Crippen MR) is 110 cm³/mol. The molecule has 1 fully saturated rings. The van der Waals surface area contributed by atoms with E-state index in [0.29, 0.717) is 0 Å². The highest BCUT2D eigenvalue weighted by molar-refractivity contribution is 5.83. The molecule has 0 aliphatic heterocycles. The van der Waals surface area contributed by atoms with Crippen molar-refractivity contribution in [3.8, 4) is 17.1 Å². The smallest absolute Gasteiger partial charge is 0.147 e. The summed E-state index contributed by atoms with van der Waals surface area (Å²) in [5.41, 5.74) is 4.57. The number of hydrogen-bond acceptors (Lipinski definition) is 4. The molecule has 28 heavy (non-hydrogen) atoms. The van der Waals surface area contributed by atoms with Gasteiger partial charge < -0.3 is 5.32 Å². The molecule has 5 nitrogen and oxygen atoms in total. The van der Waals surface area contributed by atoms with E-state index in [9.17, 15) is 4.39 Å². The Labute approximate surface area is 163 Å². The van der Waals surface area contributed by atoms with Crippen LogP contribution in [0.4, 0.5) is 10.2 Å². The Bertz CT molecular complexity index is 1150. The minimum absolute atomic E-state index is 0. The van der Waals surface area contributed by atoms with E-state index in [1.165, 1.54) is 25.0 Å². The average Bonchev–Trinajstić information content (AvgIpc) is 3.46. The lowest BCUT2D eigenvalue weighted by Gasteiger charge is -2.12. The van der Waals surface area contributed by atoms with E-state index >= 15 is 0 Å². The third-order valence-electron chi connectivity index (χ3n) is 5.16. The lowest BCUT2D eigenvalue weighted by molar-refractivity contribution is 0.627. The molecule has 1 aromatic carbocycles. The van der Waals surface area contributed by atoms with Crippen molar-refractivity contribution in [3.63, 3.8) is 0 Å². The van der Waals surface area contributed by atoms with Gasteiger partial charge in [0.1, 0.15) is 17.5 Å². The quantitative estimate of drug-likeness (QED) is 0.533. The van der Waals surface area contributed by atoms with Gasteiger partial charge in [0, 0.05) is 31.6 Å². The Morgan fingerprint density at radius 3 is 2.75 bits per heavy atom. The van der Waals surface area contributed by atoms with Gasteiger partial charge in [-0.05, 0) is 67.6 Å². The third kappa shape index (κ3) is 3.11. The number of anilines is 1. The van der Waals surface area contributed by atoms with Crippen LogP contribution in [0.2, 0.25) is 0 Å². The molecule has 1 N–H and O–H groups in total. The first-order chi connectivity index (χ1) is 13.7. The largest absolute Gasteiger partial charge is 0.370 e. The molecule has 1 saturated carbocycles. The van der Waals surface area contributed by atoms with Gasteiger partial charge in [-0.15, -0.1) is 0 Å². The van der Waals surface area contributed by atoms with Crippen LogP contribution in [0, 0.1) is 18.7 Å². The van der Waals surface area contributed by atoms with Crippen LogP contribution in [-0.2, 0) is 0 Å². The maximum absolute atomic E-state index is 13.5. The summed E-state index contributed by atoms with van der Waals surface area (Å²) in [5.74, 6) is 2.18. The molecule has 0 atom stereocenters. The fraction of sp³-hybridized carbons (Fsp3) is 0.227. The molecule has 1 aliphatic rings. The first-order valence-electron chi connectivity index (χ1n) is 9.48. The van der Waals surface area contributed by atoms with Gasteiger partial charge in [0.2, 0.25) is 0 Å². The molecule has 5 rings (SSSR count). The molecule has 6 heteroatoms. The second-order valence-electron chi connectivity index (χ2n) is 7.32. The SMILES string of the molecule is Cc1cc(NCC2CC2)ncc1-c1nc2ccncc2n1-c1ccc(F)cc1.[HH]. The van der Waals surface area contributed by atoms with Crippen molar-refractivity contribution >= 4 is 16.9 Å². The number of nitrogens with one attached hydrogen (secondary N) is 1. The molecule has 1 aliphatic carbocycles. The van der Waals surface area contributed by atoms with E-state index in [4.69, 9.17) is 4.98 Å². The number of benzene rings is 1. The number of rotatable bonds is 5. The Hall–Kier alpha value is -3.28. The zero-order valence-corrected chi connectivity index (χ0v) is 15.6. The van der Waals surface area contributed by atoms with Gasteiger partial charge in [-0.25, -0.2) is 14.4 Å². The van der Waals surface area contributed by atoms with Crippen molar-refractivity contribution in [2.24, 2.45) is 5.92 Å². The Morgan fingerprint density at radius 2 is 2.00 bits per heavy atom. The standard InChI is InChI=1S/C22H20FN5.H2/c1-14-10-21(25-11-15-2-3-15)26-12-18(14)22-27-19-8-9-24-13-20(19)28(22)17-6-4-16(23)5-7-17;/h4-10,12-13,15H,2-3,11H2,1H3,(H,25,26);1H. The first-order valence-corrected chi connectivity index (χ1v) is 9.48. The molecule has 0 amide bonds. The average molecular weight is 375 g/mol. The molecule has 0 unspecified atom stereocenters. The van der Waals surface area contributed by atoms with Crippen LogP contribution in [0.3, 0.4) is 0 Å². The zero-order valence-electron chi connectivity index (χ0n) is 15.6. The van der Waals surface area contributed by atoms with Crippen LogP contribution in [-0.4, -0.2) is 26.1 Å². The van der Waals surface area contributed by atoms with Crippen LogP contribution in [0.5, 0.6) is 0 Å². The molecule has 0 saturated heterocycles. The Balaban J connectivity index is 0.00000205. The van der Waals surface area contributed by atoms with E-state index in [2.05, 4.69) is 28.3 Å². The van der Waals surface area contributed by atoms with Gasteiger partial charge >= 0.3 is 0 Å². The molecule has 0 spiro atoms. The van der Waals surface area contributed by atoms with Gasteiger partial charge in [0.15, 0.2) is 0 Å². The lowest BCUT2D eigenvalue weighted by Crippen LogP contribution is -2.06. The van der Waals surface area contributed by atoms with Crippen molar-refractivity contribution in [2.45, 2.75) is 19.8 Å². The fourth-order valence-electron chi connectivity index (χ4n) is 3.41. The van der Waals surface area contributed by atoms with Crippen molar-refractivity contribution in [1.82, 2.24) is 19.5 Å². The lowest BCUT2D eigenvalue weighted by atomic mass is 10.1. The highest BCUT2D eigenvalue weighted by Gasteiger charge is 2.21. The topological polar surface area (TPSA) is 55.6 Å². The van der Waals surface area contributed by atoms with Gasteiger partial charge in [-0.3, -0.25) is 9.55 Å². The summed E-state index contributed by atoms with van der Waals surface area (Å²) in [4.78, 5) is 13.7. The second-order valence-corrected chi connectivity index (χ2v) is 7.32. The Morgan fingerprint density at radius 1 is 1.18 bits per heavy atom. The minimum Gasteiger partial charge on any atom is -0.370 e. The van der Waals surface area contributed by atoms with E-state index in [1.807, 2.05) is 16.8 Å². The van der Waals surface area contributed by atoms with Gasteiger partial charge in [0.25, 0.3) is 0 Å². The maximum atomic E-state index is 13.5. The highest BCUT2D eigenvalue weighted by atomic mass is 19.1. The molecular formula is C22H22FN5. The van der Waals surface area contributed by atoms with Crippen LogP contribution in [0.1, 0.15) is 19.8 Å². The second kappa shape index (κ2) is 6.71. The molecule has 0 bridgehead atoms. The molecule has 4 aromatic rings. The maximum Gasteiger partial charge on any atom is 0.147 e. The van der Waals surface area contributed by atoms with E-state index in [-0.39, 0.29) is 7.24 Å². The molecule has 0 radical (unpaired) electrons. The summed E-state index contributed by atoms with van der Waals surface area (Å²) >= 11 is 0. The number of aromatic nitrogens is 4. The molecule has 3 heterocycles. The summed E-state index contributed by atoms with van der Waals surface area (Å²) in [5, 5.41) is 3.42. The predicted octanol–water partition coefficient (Wildman–Crippen LogP) is 5.00. The van der Waals surface area contributed by atoms with Gasteiger partial charge in [0.05, 0.1) is 17.2 Å². The third-order valence-corrected chi connectivity index (χ3v) is 5.16. The number of imidazole rings is 1. The van der Waals surface area contributed by atoms with Gasteiger partial charge in [-0.1, -0.05) is 0 Å². The van der Waals surface area contributed by atoms with Crippen LogP contribution in [0.15, 0.2) is 55.0 Å². The highest BCUT2D eigenvalue weighted by Crippen LogP contribution is 2.32. The van der Waals surface area contributed by atoms with E-state index in [1.54, 1.807) is 24.5 Å². The fourth-order valence-corrected chi connectivity index (χ4v) is 3.41. The minimum atomic E-state index is -0.267. The van der Waals surface area contributed by atoms with Crippen molar-refractivity contribution in [3.05, 3.63) is 66.4 Å². The summed E-state index contributed by atoms with van der Waals surface area (Å²) in [6, 6.07) is 10.4. The van der Waals surface area contributed by atoms with Crippen LogP contribution >= 0.6 is 0 Å². The molecule has 142 valence electrons. The van der Waals surface area contributed by atoms with Gasteiger partial charge in [-0.2, -0.15) is 0 Å². The van der Waals surface area contributed by atoms with Crippen molar-refractivity contribution < 1.29 is 5.82 Å². The Kier molecular flexibility index (Phi) is 4.04. The zero-order chi connectivity index (χ0) is 19.1. The van der Waals surface area contributed by atoms with E-state index in [0.717, 1.165) is 52.0 Å². The molecular weight excluding hydrogens is 353 g/mol. The normalized spacial score (nSPS) is 13.8. The van der Waals surface area contributed by atoms with Crippen molar-refractivity contribution in [2.75, 3.05) is 11.9 Å². The number of hydrogen-bond donors (Lipinski definition) is 1. The number of halogens is 1.